The maximum Gasteiger partial charge on any atom is 0.134 e. The Morgan fingerprint density at radius 3 is 2.69 bits per heavy atom. The maximum atomic E-state index is 5.90. The van der Waals surface area contributed by atoms with Gasteiger partial charge in [-0.2, -0.15) is 0 Å². The number of benzene rings is 1. The Morgan fingerprint density at radius 2 is 2.06 bits per heavy atom. The third-order valence-corrected chi connectivity index (χ3v) is 3.45. The normalized spacial score (nSPS) is 18.6. The van der Waals surface area contributed by atoms with E-state index in [9.17, 15) is 0 Å². The van der Waals surface area contributed by atoms with Gasteiger partial charge in [0.1, 0.15) is 11.3 Å². The molecule has 0 bridgehead atoms. The summed E-state index contributed by atoms with van der Waals surface area (Å²) < 4.78 is 11.1. The zero-order chi connectivity index (χ0) is 11.2. The van der Waals surface area contributed by atoms with Crippen LogP contribution >= 0.6 is 0 Å². The van der Waals surface area contributed by atoms with Crippen LogP contribution in [0.25, 0.3) is 11.0 Å². The van der Waals surface area contributed by atoms with Crippen LogP contribution in [0.1, 0.15) is 11.3 Å². The lowest BCUT2D eigenvalue weighted by molar-refractivity contribution is -0.0550. The maximum absolute atomic E-state index is 5.90. The van der Waals surface area contributed by atoms with Crippen LogP contribution in [-0.2, 0) is 10.2 Å². The van der Waals surface area contributed by atoms with Crippen LogP contribution in [0.3, 0.4) is 0 Å². The molecular formula is C13H15NO2. The van der Waals surface area contributed by atoms with Crippen LogP contribution in [0.2, 0.25) is 0 Å². The van der Waals surface area contributed by atoms with Crippen LogP contribution in [0, 0.1) is 6.92 Å². The second-order valence-electron chi connectivity index (χ2n) is 4.51. The van der Waals surface area contributed by atoms with E-state index in [1.165, 1.54) is 10.9 Å². The molecule has 1 aliphatic rings. The lowest BCUT2D eigenvalue weighted by atomic mass is 9.77. The monoisotopic (exact) mass is 217 g/mol. The third kappa shape index (κ3) is 1.16. The molecule has 16 heavy (non-hydrogen) atoms. The molecule has 0 unspecified atom stereocenters. The predicted octanol–water partition coefficient (Wildman–Crippen LogP) is 1.97. The number of para-hydroxylation sites is 1. The zero-order valence-corrected chi connectivity index (χ0v) is 9.32. The van der Waals surface area contributed by atoms with E-state index in [0.29, 0.717) is 19.8 Å². The quantitative estimate of drug-likeness (QED) is 0.836. The first-order valence-corrected chi connectivity index (χ1v) is 5.53. The summed E-state index contributed by atoms with van der Waals surface area (Å²) in [6.07, 6.45) is 0. The Kier molecular flexibility index (Phi) is 2.06. The summed E-state index contributed by atoms with van der Waals surface area (Å²) in [5.74, 6) is 0.968. The third-order valence-electron chi connectivity index (χ3n) is 3.45. The molecule has 2 heterocycles. The number of ether oxygens (including phenoxy) is 1. The molecule has 1 aromatic heterocycles. The van der Waals surface area contributed by atoms with Crippen LogP contribution in [0.4, 0.5) is 0 Å². The molecule has 84 valence electrons. The van der Waals surface area contributed by atoms with Gasteiger partial charge in [0.25, 0.3) is 0 Å². The number of aryl methyl sites for hydroxylation is 1. The zero-order valence-electron chi connectivity index (χ0n) is 9.32. The average molecular weight is 217 g/mol. The fourth-order valence-corrected chi connectivity index (χ4v) is 2.54. The standard InChI is InChI=1S/C13H15NO2/c1-9-12(13(6-14)7-15-8-13)10-4-2-3-5-11(10)16-9/h2-5H,6-8,14H2,1H3. The fourth-order valence-electron chi connectivity index (χ4n) is 2.54. The fraction of sp³-hybridized carbons (Fsp3) is 0.385. The second-order valence-corrected chi connectivity index (χ2v) is 4.51. The van der Waals surface area contributed by atoms with Gasteiger partial charge in [0.2, 0.25) is 0 Å². The van der Waals surface area contributed by atoms with E-state index in [1.54, 1.807) is 0 Å². The highest BCUT2D eigenvalue weighted by Crippen LogP contribution is 2.39. The molecule has 1 aliphatic heterocycles. The molecule has 3 nitrogen and oxygen atoms in total. The number of hydrogen-bond acceptors (Lipinski definition) is 3. The summed E-state index contributed by atoms with van der Waals surface area (Å²) in [5.41, 5.74) is 8.04. The number of nitrogens with two attached hydrogens (primary N) is 1. The minimum atomic E-state index is -0.0311. The number of furan rings is 1. The van der Waals surface area contributed by atoms with Crippen molar-refractivity contribution < 1.29 is 9.15 Å². The van der Waals surface area contributed by atoms with Crippen molar-refractivity contribution in [3.8, 4) is 0 Å². The highest BCUT2D eigenvalue weighted by Gasteiger charge is 2.42. The van der Waals surface area contributed by atoms with Crippen molar-refractivity contribution in [1.29, 1.82) is 0 Å². The summed E-state index contributed by atoms with van der Waals surface area (Å²) in [6.45, 7) is 4.02. The minimum absolute atomic E-state index is 0.0311. The first-order chi connectivity index (χ1) is 7.77. The molecule has 1 aromatic carbocycles. The van der Waals surface area contributed by atoms with Gasteiger partial charge < -0.3 is 14.9 Å². The van der Waals surface area contributed by atoms with Crippen molar-refractivity contribution in [3.63, 3.8) is 0 Å². The Hall–Kier alpha value is -1.32. The van der Waals surface area contributed by atoms with Gasteiger partial charge in [0.05, 0.1) is 18.6 Å². The number of fused-ring (bicyclic) bond motifs is 1. The molecule has 3 rings (SSSR count). The molecule has 2 aromatic rings. The van der Waals surface area contributed by atoms with Crippen molar-refractivity contribution in [1.82, 2.24) is 0 Å². The summed E-state index contributed by atoms with van der Waals surface area (Å²) in [7, 11) is 0. The topological polar surface area (TPSA) is 48.4 Å². The van der Waals surface area contributed by atoms with Gasteiger partial charge >= 0.3 is 0 Å². The van der Waals surface area contributed by atoms with Gasteiger partial charge in [-0.25, -0.2) is 0 Å². The van der Waals surface area contributed by atoms with E-state index >= 15 is 0 Å². The van der Waals surface area contributed by atoms with E-state index in [0.717, 1.165) is 11.3 Å². The molecule has 2 N–H and O–H groups in total. The highest BCUT2D eigenvalue weighted by molar-refractivity contribution is 5.83. The van der Waals surface area contributed by atoms with Gasteiger partial charge in [0, 0.05) is 17.5 Å². The van der Waals surface area contributed by atoms with E-state index < -0.39 is 0 Å². The summed E-state index contributed by atoms with van der Waals surface area (Å²) in [6, 6.07) is 8.11. The van der Waals surface area contributed by atoms with Crippen molar-refractivity contribution >= 4 is 11.0 Å². The molecule has 0 atom stereocenters. The average Bonchev–Trinajstić information content (AvgIpc) is 2.56. The molecule has 0 aliphatic carbocycles. The first-order valence-electron chi connectivity index (χ1n) is 5.53. The summed E-state index contributed by atoms with van der Waals surface area (Å²) >= 11 is 0. The smallest absolute Gasteiger partial charge is 0.134 e. The van der Waals surface area contributed by atoms with E-state index in [4.69, 9.17) is 14.9 Å². The number of rotatable bonds is 2. The second kappa shape index (κ2) is 3.34. The predicted molar refractivity (Wildman–Crippen MR) is 62.5 cm³/mol. The van der Waals surface area contributed by atoms with Gasteiger partial charge in [-0.1, -0.05) is 18.2 Å². The van der Waals surface area contributed by atoms with Crippen LogP contribution < -0.4 is 5.73 Å². The molecule has 1 saturated heterocycles. The Balaban J connectivity index is 2.26. The molecule has 0 amide bonds. The molecule has 0 radical (unpaired) electrons. The van der Waals surface area contributed by atoms with Crippen molar-refractivity contribution in [2.24, 2.45) is 5.73 Å². The van der Waals surface area contributed by atoms with Crippen molar-refractivity contribution in [2.45, 2.75) is 12.3 Å². The molecule has 0 saturated carbocycles. The lowest BCUT2D eigenvalue weighted by Gasteiger charge is -2.40. The number of hydrogen-bond donors (Lipinski definition) is 1. The first kappa shape index (κ1) is 9.87. The van der Waals surface area contributed by atoms with Crippen LogP contribution in [0.5, 0.6) is 0 Å². The van der Waals surface area contributed by atoms with Gasteiger partial charge in [-0.3, -0.25) is 0 Å². The minimum Gasteiger partial charge on any atom is -0.461 e. The highest BCUT2D eigenvalue weighted by atomic mass is 16.5. The van der Waals surface area contributed by atoms with Gasteiger partial charge in [-0.15, -0.1) is 0 Å². The summed E-state index contributed by atoms with van der Waals surface area (Å²) in [5, 5.41) is 1.17. The SMILES string of the molecule is Cc1oc2ccccc2c1C1(CN)COC1. The molecule has 1 fully saturated rings. The lowest BCUT2D eigenvalue weighted by Crippen LogP contribution is -2.52. The molecule has 0 spiro atoms. The Bertz CT molecular complexity index is 520. The van der Waals surface area contributed by atoms with Gasteiger partial charge in [-0.05, 0) is 13.0 Å². The van der Waals surface area contributed by atoms with Crippen molar-refractivity contribution in [3.05, 3.63) is 35.6 Å². The molecule has 3 heteroatoms. The van der Waals surface area contributed by atoms with Crippen LogP contribution in [-0.4, -0.2) is 19.8 Å². The van der Waals surface area contributed by atoms with E-state index in [1.807, 2.05) is 25.1 Å². The van der Waals surface area contributed by atoms with Gasteiger partial charge in [0.15, 0.2) is 0 Å². The van der Waals surface area contributed by atoms with Crippen molar-refractivity contribution in [2.75, 3.05) is 19.8 Å². The van der Waals surface area contributed by atoms with Crippen LogP contribution in [0.15, 0.2) is 28.7 Å². The van der Waals surface area contributed by atoms with E-state index in [2.05, 4.69) is 6.07 Å². The van der Waals surface area contributed by atoms with E-state index in [-0.39, 0.29) is 5.41 Å². The molecular weight excluding hydrogens is 202 g/mol. The summed E-state index contributed by atoms with van der Waals surface area (Å²) in [4.78, 5) is 0. The Labute approximate surface area is 94.2 Å². The largest absolute Gasteiger partial charge is 0.461 e. The Morgan fingerprint density at radius 1 is 1.31 bits per heavy atom.